The van der Waals surface area contributed by atoms with Crippen LogP contribution in [0.4, 0.5) is 0 Å². The minimum Gasteiger partial charge on any atom is -0.363 e. The predicted octanol–water partition coefficient (Wildman–Crippen LogP) is 0.0261. The molecule has 0 aromatic carbocycles. The maximum atomic E-state index is 12.4. The van der Waals surface area contributed by atoms with Gasteiger partial charge in [-0.3, -0.25) is 9.78 Å². The fourth-order valence-electron chi connectivity index (χ4n) is 3.49. The van der Waals surface area contributed by atoms with Crippen molar-refractivity contribution in [3.63, 3.8) is 0 Å². The van der Waals surface area contributed by atoms with Crippen LogP contribution < -0.4 is 5.32 Å². The molecule has 9 heteroatoms. The van der Waals surface area contributed by atoms with E-state index >= 15 is 0 Å². The molecule has 2 saturated heterocycles. The van der Waals surface area contributed by atoms with E-state index in [4.69, 9.17) is 4.74 Å². The van der Waals surface area contributed by atoms with E-state index in [1.54, 1.807) is 6.20 Å². The topological polar surface area (TPSA) is 91.8 Å². The Morgan fingerprint density at radius 1 is 1.42 bits per heavy atom. The zero-order valence-corrected chi connectivity index (χ0v) is 16.0. The summed E-state index contributed by atoms with van der Waals surface area (Å²) in [6.45, 7) is 1.29. The van der Waals surface area contributed by atoms with Crippen LogP contribution in [0.1, 0.15) is 18.5 Å². The summed E-state index contributed by atoms with van der Waals surface area (Å²) in [6, 6.07) is 5.70. The van der Waals surface area contributed by atoms with Crippen LogP contribution in [-0.2, 0) is 26.2 Å². The summed E-state index contributed by atoms with van der Waals surface area (Å²) in [7, 11) is -0.397. The molecule has 3 rings (SSSR count). The van der Waals surface area contributed by atoms with Gasteiger partial charge in [0.15, 0.2) is 0 Å². The molecule has 26 heavy (non-hydrogen) atoms. The van der Waals surface area contributed by atoms with Gasteiger partial charge in [0.25, 0.3) is 10.2 Å². The van der Waals surface area contributed by atoms with Gasteiger partial charge in [-0.1, -0.05) is 6.07 Å². The van der Waals surface area contributed by atoms with Crippen molar-refractivity contribution in [3.05, 3.63) is 30.1 Å². The number of nitrogens with one attached hydrogen (secondary N) is 1. The SMILES string of the molecule is CN(C)S(=O)(=O)N1CC[C@H]2C[C@@H](C(=O)NCCc3ccccn3)O[C@@H]2C1. The third-order valence-corrected chi connectivity index (χ3v) is 6.91. The second-order valence-corrected chi connectivity index (χ2v) is 9.10. The molecule has 3 atom stereocenters. The largest absolute Gasteiger partial charge is 0.363 e. The highest BCUT2D eigenvalue weighted by molar-refractivity contribution is 7.86. The molecule has 0 radical (unpaired) electrons. The summed E-state index contributed by atoms with van der Waals surface area (Å²) < 4.78 is 33.1. The number of piperidine rings is 1. The molecule has 3 heterocycles. The molecule has 2 aliphatic heterocycles. The van der Waals surface area contributed by atoms with E-state index in [0.717, 1.165) is 12.1 Å². The highest BCUT2D eigenvalue weighted by Gasteiger charge is 2.44. The van der Waals surface area contributed by atoms with Crippen molar-refractivity contribution in [1.29, 1.82) is 0 Å². The highest BCUT2D eigenvalue weighted by atomic mass is 32.2. The van der Waals surface area contributed by atoms with Gasteiger partial charge in [-0.25, -0.2) is 0 Å². The van der Waals surface area contributed by atoms with Crippen molar-refractivity contribution in [3.8, 4) is 0 Å². The average molecular weight is 382 g/mol. The smallest absolute Gasteiger partial charge is 0.281 e. The molecule has 8 nitrogen and oxygen atoms in total. The Balaban J connectivity index is 1.49. The Kier molecular flexibility index (Phi) is 5.91. The van der Waals surface area contributed by atoms with E-state index in [0.29, 0.717) is 32.5 Å². The normalized spacial score (nSPS) is 26.7. The van der Waals surface area contributed by atoms with Crippen molar-refractivity contribution < 1.29 is 17.9 Å². The Morgan fingerprint density at radius 2 is 2.23 bits per heavy atom. The van der Waals surface area contributed by atoms with Crippen LogP contribution in [0, 0.1) is 5.92 Å². The molecule has 1 aromatic rings. The van der Waals surface area contributed by atoms with E-state index in [2.05, 4.69) is 10.3 Å². The molecule has 1 N–H and O–H groups in total. The third kappa shape index (κ3) is 4.22. The van der Waals surface area contributed by atoms with E-state index in [9.17, 15) is 13.2 Å². The van der Waals surface area contributed by atoms with Crippen molar-refractivity contribution in [1.82, 2.24) is 18.9 Å². The number of nitrogens with zero attached hydrogens (tertiary/aromatic N) is 3. The molecule has 0 aliphatic carbocycles. The molecule has 2 fully saturated rings. The lowest BCUT2D eigenvalue weighted by atomic mass is 9.93. The predicted molar refractivity (Wildman–Crippen MR) is 96.5 cm³/mol. The monoisotopic (exact) mass is 382 g/mol. The molecule has 2 aliphatic rings. The summed E-state index contributed by atoms with van der Waals surface area (Å²) >= 11 is 0. The zero-order valence-electron chi connectivity index (χ0n) is 15.2. The summed E-state index contributed by atoms with van der Waals surface area (Å²) in [5.74, 6) is 0.104. The van der Waals surface area contributed by atoms with Crippen molar-refractivity contribution in [2.24, 2.45) is 5.92 Å². The average Bonchev–Trinajstić information content (AvgIpc) is 3.05. The van der Waals surface area contributed by atoms with Gasteiger partial charge in [0.1, 0.15) is 6.10 Å². The number of rotatable bonds is 6. The van der Waals surface area contributed by atoms with Crippen LogP contribution in [0.15, 0.2) is 24.4 Å². The van der Waals surface area contributed by atoms with E-state index in [1.165, 1.54) is 22.7 Å². The van der Waals surface area contributed by atoms with Crippen molar-refractivity contribution >= 4 is 16.1 Å². The molecule has 0 saturated carbocycles. The molecule has 0 spiro atoms. The summed E-state index contributed by atoms with van der Waals surface area (Å²) in [5.41, 5.74) is 0.929. The molecule has 144 valence electrons. The maximum absolute atomic E-state index is 12.4. The Labute approximate surface area is 154 Å². The van der Waals surface area contributed by atoms with Crippen LogP contribution in [0.2, 0.25) is 0 Å². The van der Waals surface area contributed by atoms with Crippen molar-refractivity contribution in [2.45, 2.75) is 31.5 Å². The molecule has 0 bridgehead atoms. The fourth-order valence-corrected chi connectivity index (χ4v) is 4.62. The highest BCUT2D eigenvalue weighted by Crippen LogP contribution is 2.34. The summed E-state index contributed by atoms with van der Waals surface area (Å²) in [5, 5.41) is 2.90. The first-order chi connectivity index (χ1) is 12.4. The molecular weight excluding hydrogens is 356 g/mol. The number of amides is 1. The Hall–Kier alpha value is -1.55. The standard InChI is InChI=1S/C17H26N4O4S/c1-20(2)26(23,24)21-10-7-13-11-15(25-16(13)12-21)17(22)19-9-6-14-5-3-4-8-18-14/h3-5,8,13,15-16H,6-7,9-12H2,1-2H3,(H,19,22)/t13-,15-,16+/m0/s1. The Morgan fingerprint density at radius 3 is 2.92 bits per heavy atom. The number of carbonyl (C=O) groups excluding carboxylic acids is 1. The molecule has 1 amide bonds. The molecular formula is C17H26N4O4S. The zero-order chi connectivity index (χ0) is 18.7. The Bertz CT molecular complexity index is 726. The first-order valence-corrected chi connectivity index (χ1v) is 10.3. The summed E-state index contributed by atoms with van der Waals surface area (Å²) in [6.07, 6.45) is 3.04. The number of hydrogen-bond donors (Lipinski definition) is 1. The van der Waals surface area contributed by atoms with Gasteiger partial charge in [0.05, 0.1) is 6.10 Å². The first kappa shape index (κ1) is 19.2. The van der Waals surface area contributed by atoms with E-state index in [1.807, 2.05) is 18.2 Å². The molecule has 1 aromatic heterocycles. The van der Waals surface area contributed by atoms with E-state index in [-0.39, 0.29) is 17.9 Å². The van der Waals surface area contributed by atoms with Gasteiger partial charge in [-0.05, 0) is 30.9 Å². The third-order valence-electron chi connectivity index (χ3n) is 5.00. The van der Waals surface area contributed by atoms with Gasteiger partial charge in [0, 0.05) is 52.0 Å². The number of hydrogen-bond acceptors (Lipinski definition) is 5. The summed E-state index contributed by atoms with van der Waals surface area (Å²) in [4.78, 5) is 16.6. The number of fused-ring (bicyclic) bond motifs is 1. The first-order valence-electron chi connectivity index (χ1n) is 8.88. The number of carbonyl (C=O) groups is 1. The van der Waals surface area contributed by atoms with Crippen LogP contribution in [0.25, 0.3) is 0 Å². The van der Waals surface area contributed by atoms with Gasteiger partial charge >= 0.3 is 0 Å². The van der Waals surface area contributed by atoms with Gasteiger partial charge in [-0.15, -0.1) is 0 Å². The second-order valence-electron chi connectivity index (χ2n) is 6.96. The molecule has 0 unspecified atom stereocenters. The van der Waals surface area contributed by atoms with Crippen LogP contribution in [0.3, 0.4) is 0 Å². The fraction of sp³-hybridized carbons (Fsp3) is 0.647. The lowest BCUT2D eigenvalue weighted by Crippen LogP contribution is -2.49. The second kappa shape index (κ2) is 7.99. The van der Waals surface area contributed by atoms with Gasteiger partial charge in [0.2, 0.25) is 5.91 Å². The van der Waals surface area contributed by atoms with E-state index < -0.39 is 16.3 Å². The quantitative estimate of drug-likeness (QED) is 0.749. The van der Waals surface area contributed by atoms with Crippen LogP contribution in [0.5, 0.6) is 0 Å². The number of aromatic nitrogens is 1. The van der Waals surface area contributed by atoms with Gasteiger partial charge < -0.3 is 10.1 Å². The van der Waals surface area contributed by atoms with Crippen LogP contribution >= 0.6 is 0 Å². The lowest BCUT2D eigenvalue weighted by Gasteiger charge is -2.34. The maximum Gasteiger partial charge on any atom is 0.281 e. The lowest BCUT2D eigenvalue weighted by molar-refractivity contribution is -0.132. The van der Waals surface area contributed by atoms with Crippen molar-refractivity contribution in [2.75, 3.05) is 33.7 Å². The minimum atomic E-state index is -3.44. The number of pyridine rings is 1. The van der Waals surface area contributed by atoms with Gasteiger partial charge in [-0.2, -0.15) is 17.0 Å². The minimum absolute atomic E-state index is 0.127. The number of ether oxygens (including phenoxy) is 1. The van der Waals surface area contributed by atoms with Crippen LogP contribution in [-0.4, -0.2) is 73.9 Å².